The van der Waals surface area contributed by atoms with Crippen LogP contribution in [0.25, 0.3) is 0 Å². The molecular weight excluding hydrogens is 338 g/mol. The number of carbonyl (C=O) groups is 1. The van der Waals surface area contributed by atoms with Gasteiger partial charge in [0.15, 0.2) is 0 Å². The van der Waals surface area contributed by atoms with Crippen molar-refractivity contribution in [2.45, 2.75) is 24.7 Å². The summed E-state index contributed by atoms with van der Waals surface area (Å²) in [7, 11) is -3.82. The fourth-order valence-electron chi connectivity index (χ4n) is 2.94. The minimum atomic E-state index is -3.82. The van der Waals surface area contributed by atoms with E-state index in [1.54, 1.807) is 41.3 Å². The molecule has 0 unspecified atom stereocenters. The maximum Gasteiger partial charge on any atom is 0.261 e. The summed E-state index contributed by atoms with van der Waals surface area (Å²) in [5.74, 6) is -0.0578. The molecule has 1 N–H and O–H groups in total. The first-order valence-electron chi connectivity index (χ1n) is 7.85. The normalized spacial score (nSPS) is 13.7. The van der Waals surface area contributed by atoms with Gasteiger partial charge in [-0.1, -0.05) is 12.1 Å². The predicted molar refractivity (Wildman–Crippen MR) is 94.8 cm³/mol. The van der Waals surface area contributed by atoms with Gasteiger partial charge in [0.05, 0.1) is 16.1 Å². The molecule has 1 heterocycles. The summed E-state index contributed by atoms with van der Waals surface area (Å²) >= 11 is 0. The second-order valence-electron chi connectivity index (χ2n) is 5.83. The molecule has 7 heteroatoms. The van der Waals surface area contributed by atoms with Crippen molar-refractivity contribution in [3.8, 4) is 6.07 Å². The standard InChI is InChI=1S/C18H17N3O3S/c1-13(22)21-10-4-6-14-11-16(8-9-18(14)21)25(23,24)20-17-7-3-2-5-15(17)12-19/h2-3,5,7-9,11,20H,4,6,10H2,1H3. The highest BCUT2D eigenvalue weighted by Gasteiger charge is 2.23. The summed E-state index contributed by atoms with van der Waals surface area (Å²) in [5, 5.41) is 9.10. The number of rotatable bonds is 3. The average molecular weight is 355 g/mol. The number of sulfonamides is 1. The van der Waals surface area contributed by atoms with Crippen molar-refractivity contribution in [2.75, 3.05) is 16.2 Å². The van der Waals surface area contributed by atoms with Gasteiger partial charge in [0.1, 0.15) is 6.07 Å². The Morgan fingerprint density at radius 1 is 1.24 bits per heavy atom. The molecule has 0 aromatic heterocycles. The van der Waals surface area contributed by atoms with Gasteiger partial charge in [0.2, 0.25) is 5.91 Å². The van der Waals surface area contributed by atoms with E-state index in [-0.39, 0.29) is 22.1 Å². The third-order valence-corrected chi connectivity index (χ3v) is 5.52. The van der Waals surface area contributed by atoms with Crippen LogP contribution in [0, 0.1) is 11.3 Å². The monoisotopic (exact) mass is 355 g/mol. The largest absolute Gasteiger partial charge is 0.312 e. The number of carbonyl (C=O) groups excluding carboxylic acids is 1. The smallest absolute Gasteiger partial charge is 0.261 e. The number of nitrogens with zero attached hydrogens (tertiary/aromatic N) is 2. The molecule has 0 fully saturated rings. The molecule has 0 aliphatic carbocycles. The number of nitrogens with one attached hydrogen (secondary N) is 1. The third-order valence-electron chi connectivity index (χ3n) is 4.15. The molecule has 0 saturated carbocycles. The van der Waals surface area contributed by atoms with Gasteiger partial charge in [-0.2, -0.15) is 5.26 Å². The van der Waals surface area contributed by atoms with Gasteiger partial charge in [0, 0.05) is 19.2 Å². The van der Waals surface area contributed by atoms with Gasteiger partial charge in [-0.25, -0.2) is 8.42 Å². The van der Waals surface area contributed by atoms with Crippen molar-refractivity contribution < 1.29 is 13.2 Å². The second-order valence-corrected chi connectivity index (χ2v) is 7.51. The van der Waals surface area contributed by atoms with E-state index < -0.39 is 10.0 Å². The summed E-state index contributed by atoms with van der Waals surface area (Å²) < 4.78 is 27.8. The first-order valence-corrected chi connectivity index (χ1v) is 9.33. The van der Waals surface area contributed by atoms with Crippen LogP contribution < -0.4 is 9.62 Å². The Bertz CT molecular complexity index is 977. The quantitative estimate of drug-likeness (QED) is 0.916. The van der Waals surface area contributed by atoms with Crippen molar-refractivity contribution in [2.24, 2.45) is 0 Å². The minimum absolute atomic E-state index is 0.0578. The highest BCUT2D eigenvalue weighted by Crippen LogP contribution is 2.30. The fourth-order valence-corrected chi connectivity index (χ4v) is 4.07. The topological polar surface area (TPSA) is 90.3 Å². The number of benzene rings is 2. The number of nitriles is 1. The molecule has 1 amide bonds. The Morgan fingerprint density at radius 2 is 2.00 bits per heavy atom. The molecule has 6 nitrogen and oxygen atoms in total. The molecule has 0 saturated heterocycles. The van der Waals surface area contributed by atoms with E-state index in [0.29, 0.717) is 6.54 Å². The third kappa shape index (κ3) is 3.35. The Kier molecular flexibility index (Phi) is 4.47. The molecule has 2 aromatic rings. The van der Waals surface area contributed by atoms with E-state index in [4.69, 9.17) is 5.26 Å². The first kappa shape index (κ1) is 17.0. The Balaban J connectivity index is 1.96. The van der Waals surface area contributed by atoms with Gasteiger partial charge in [0.25, 0.3) is 10.0 Å². The lowest BCUT2D eigenvalue weighted by atomic mass is 10.0. The SMILES string of the molecule is CC(=O)N1CCCc2cc(S(=O)(=O)Nc3ccccc3C#N)ccc21. The maximum absolute atomic E-state index is 12.7. The van der Waals surface area contributed by atoms with E-state index in [2.05, 4.69) is 4.72 Å². The van der Waals surface area contributed by atoms with Crippen LogP contribution in [-0.2, 0) is 21.2 Å². The zero-order chi connectivity index (χ0) is 18.0. The molecule has 1 aliphatic heterocycles. The number of hydrogen-bond acceptors (Lipinski definition) is 4. The summed E-state index contributed by atoms with van der Waals surface area (Å²) in [6.45, 7) is 2.14. The van der Waals surface area contributed by atoms with Crippen molar-refractivity contribution >= 4 is 27.3 Å². The van der Waals surface area contributed by atoms with Crippen LogP contribution in [0.2, 0.25) is 0 Å². The zero-order valence-corrected chi connectivity index (χ0v) is 14.5. The second kappa shape index (κ2) is 6.57. The molecular formula is C18H17N3O3S. The van der Waals surface area contributed by atoms with Crippen LogP contribution in [0.3, 0.4) is 0 Å². The average Bonchev–Trinajstić information content (AvgIpc) is 2.60. The van der Waals surface area contributed by atoms with E-state index >= 15 is 0 Å². The number of fused-ring (bicyclic) bond motifs is 1. The van der Waals surface area contributed by atoms with E-state index in [9.17, 15) is 13.2 Å². The number of para-hydroxylation sites is 1. The predicted octanol–water partition coefficient (Wildman–Crippen LogP) is 2.66. The van der Waals surface area contributed by atoms with Gasteiger partial charge >= 0.3 is 0 Å². The molecule has 1 aliphatic rings. The van der Waals surface area contributed by atoms with Crippen LogP contribution >= 0.6 is 0 Å². The van der Waals surface area contributed by atoms with Crippen molar-refractivity contribution in [3.63, 3.8) is 0 Å². The fraction of sp³-hybridized carbons (Fsp3) is 0.222. The highest BCUT2D eigenvalue weighted by molar-refractivity contribution is 7.92. The Morgan fingerprint density at radius 3 is 2.72 bits per heavy atom. The number of amides is 1. The maximum atomic E-state index is 12.7. The van der Waals surface area contributed by atoms with Crippen LogP contribution in [0.1, 0.15) is 24.5 Å². The number of anilines is 2. The summed E-state index contributed by atoms with van der Waals surface area (Å²) in [4.78, 5) is 13.5. The molecule has 0 spiro atoms. The minimum Gasteiger partial charge on any atom is -0.312 e. The van der Waals surface area contributed by atoms with E-state index in [1.807, 2.05) is 6.07 Å². The highest BCUT2D eigenvalue weighted by atomic mass is 32.2. The Labute approximate surface area is 146 Å². The zero-order valence-electron chi connectivity index (χ0n) is 13.7. The molecule has 0 radical (unpaired) electrons. The molecule has 3 rings (SSSR count). The lowest BCUT2D eigenvalue weighted by Gasteiger charge is -2.28. The van der Waals surface area contributed by atoms with E-state index in [1.165, 1.54) is 13.0 Å². The van der Waals surface area contributed by atoms with Crippen LogP contribution in [0.4, 0.5) is 11.4 Å². The molecule has 25 heavy (non-hydrogen) atoms. The lowest BCUT2D eigenvalue weighted by molar-refractivity contribution is -0.116. The van der Waals surface area contributed by atoms with Crippen LogP contribution in [0.15, 0.2) is 47.4 Å². The molecule has 0 atom stereocenters. The summed E-state index contributed by atoms with van der Waals surface area (Å²) in [5.41, 5.74) is 2.09. The summed E-state index contributed by atoms with van der Waals surface area (Å²) in [6.07, 6.45) is 1.51. The molecule has 128 valence electrons. The van der Waals surface area contributed by atoms with Gasteiger partial charge in [-0.3, -0.25) is 9.52 Å². The molecule has 0 bridgehead atoms. The number of hydrogen-bond donors (Lipinski definition) is 1. The van der Waals surface area contributed by atoms with Gasteiger partial charge < -0.3 is 4.90 Å². The number of aryl methyl sites for hydroxylation is 1. The summed E-state index contributed by atoms with van der Waals surface area (Å²) in [6, 6.07) is 13.2. The first-order chi connectivity index (χ1) is 11.9. The van der Waals surface area contributed by atoms with Gasteiger partial charge in [-0.15, -0.1) is 0 Å². The molecule has 2 aromatic carbocycles. The van der Waals surface area contributed by atoms with Crippen molar-refractivity contribution in [1.82, 2.24) is 0 Å². The van der Waals surface area contributed by atoms with Gasteiger partial charge in [-0.05, 0) is 48.7 Å². The van der Waals surface area contributed by atoms with Crippen molar-refractivity contribution in [1.29, 1.82) is 5.26 Å². The van der Waals surface area contributed by atoms with Crippen LogP contribution in [-0.4, -0.2) is 20.9 Å². The van der Waals surface area contributed by atoms with E-state index in [0.717, 1.165) is 24.1 Å². The lowest BCUT2D eigenvalue weighted by Crippen LogP contribution is -2.33. The van der Waals surface area contributed by atoms with Crippen LogP contribution in [0.5, 0.6) is 0 Å². The van der Waals surface area contributed by atoms with Crippen molar-refractivity contribution in [3.05, 3.63) is 53.6 Å². The Hall–Kier alpha value is -2.85.